The number of rotatable bonds is 3. The lowest BCUT2D eigenvalue weighted by Crippen LogP contribution is -2.29. The summed E-state index contributed by atoms with van der Waals surface area (Å²) in [5.74, 6) is 2.57. The standard InChI is InChI=1S/C13H19NS2/c1-3-13(4-2)9-15-12(16-10-13)11-7-5-6-8-14-11/h5-8,12H,3-4,9-10H2,1-2H3. The minimum atomic E-state index is 0.549. The molecule has 88 valence electrons. The summed E-state index contributed by atoms with van der Waals surface area (Å²) >= 11 is 4.15. The van der Waals surface area contributed by atoms with E-state index in [1.165, 1.54) is 30.0 Å². The largest absolute Gasteiger partial charge is 0.259 e. The van der Waals surface area contributed by atoms with Crippen molar-refractivity contribution in [1.29, 1.82) is 0 Å². The molecule has 0 aliphatic carbocycles. The van der Waals surface area contributed by atoms with E-state index in [1.54, 1.807) is 0 Å². The summed E-state index contributed by atoms with van der Waals surface area (Å²) in [5.41, 5.74) is 1.80. The number of aromatic nitrogens is 1. The van der Waals surface area contributed by atoms with Crippen LogP contribution in [0.1, 0.15) is 37.0 Å². The molecule has 2 heterocycles. The smallest absolute Gasteiger partial charge is 0.0922 e. The van der Waals surface area contributed by atoms with Gasteiger partial charge >= 0.3 is 0 Å². The molecule has 1 saturated heterocycles. The normalized spacial score (nSPS) is 20.9. The van der Waals surface area contributed by atoms with Gasteiger partial charge in [-0.15, -0.1) is 23.5 Å². The molecule has 1 aromatic rings. The van der Waals surface area contributed by atoms with Gasteiger partial charge in [0.15, 0.2) is 0 Å². The minimum absolute atomic E-state index is 0.549. The Labute approximate surface area is 107 Å². The first-order valence-electron chi connectivity index (χ1n) is 5.94. The van der Waals surface area contributed by atoms with Gasteiger partial charge in [-0.2, -0.15) is 0 Å². The quantitative estimate of drug-likeness (QED) is 0.794. The third-order valence-corrected chi connectivity index (χ3v) is 6.97. The van der Waals surface area contributed by atoms with Gasteiger partial charge in [0, 0.05) is 17.7 Å². The second-order valence-electron chi connectivity index (χ2n) is 4.42. The van der Waals surface area contributed by atoms with Crippen molar-refractivity contribution in [3.63, 3.8) is 0 Å². The first-order valence-corrected chi connectivity index (χ1v) is 8.03. The SMILES string of the molecule is CCC1(CC)CSC(c2ccccn2)SC1. The fourth-order valence-corrected chi connectivity index (χ4v) is 5.51. The molecule has 0 atom stereocenters. The molecular weight excluding hydrogens is 234 g/mol. The maximum absolute atomic E-state index is 4.46. The van der Waals surface area contributed by atoms with E-state index >= 15 is 0 Å². The first-order chi connectivity index (χ1) is 7.79. The summed E-state index contributed by atoms with van der Waals surface area (Å²) in [5, 5.41) is 0. The molecule has 0 unspecified atom stereocenters. The van der Waals surface area contributed by atoms with E-state index in [9.17, 15) is 0 Å². The number of hydrogen-bond donors (Lipinski definition) is 0. The molecule has 0 bridgehead atoms. The molecule has 2 rings (SSSR count). The zero-order valence-electron chi connectivity index (χ0n) is 9.98. The summed E-state index contributed by atoms with van der Waals surface area (Å²) in [7, 11) is 0. The lowest BCUT2D eigenvalue weighted by molar-refractivity contribution is 0.354. The van der Waals surface area contributed by atoms with Gasteiger partial charge in [-0.1, -0.05) is 19.9 Å². The van der Waals surface area contributed by atoms with Crippen LogP contribution in [-0.4, -0.2) is 16.5 Å². The van der Waals surface area contributed by atoms with Crippen molar-refractivity contribution < 1.29 is 0 Å². The van der Waals surface area contributed by atoms with Crippen molar-refractivity contribution >= 4 is 23.5 Å². The van der Waals surface area contributed by atoms with Crippen LogP contribution in [-0.2, 0) is 0 Å². The van der Waals surface area contributed by atoms with Crippen LogP contribution < -0.4 is 0 Å². The van der Waals surface area contributed by atoms with E-state index < -0.39 is 0 Å². The van der Waals surface area contributed by atoms with Gasteiger partial charge in [0.1, 0.15) is 0 Å². The molecule has 0 radical (unpaired) electrons. The molecule has 0 saturated carbocycles. The Morgan fingerprint density at radius 1 is 1.25 bits per heavy atom. The van der Waals surface area contributed by atoms with Crippen LogP contribution in [0, 0.1) is 5.41 Å². The van der Waals surface area contributed by atoms with Crippen molar-refractivity contribution in [2.45, 2.75) is 31.3 Å². The topological polar surface area (TPSA) is 12.9 Å². The van der Waals surface area contributed by atoms with Crippen LogP contribution >= 0.6 is 23.5 Å². The molecule has 0 N–H and O–H groups in total. The Kier molecular flexibility index (Phi) is 4.20. The molecule has 3 heteroatoms. The Hall–Kier alpha value is -0.150. The molecule has 0 aromatic carbocycles. The lowest BCUT2D eigenvalue weighted by Gasteiger charge is -2.38. The maximum Gasteiger partial charge on any atom is 0.0922 e. The number of hydrogen-bond acceptors (Lipinski definition) is 3. The zero-order valence-corrected chi connectivity index (χ0v) is 11.6. The molecule has 1 fully saturated rings. The molecule has 1 aromatic heterocycles. The Balaban J connectivity index is 2.00. The Morgan fingerprint density at radius 3 is 2.44 bits per heavy atom. The van der Waals surface area contributed by atoms with Crippen LogP contribution in [0.5, 0.6) is 0 Å². The van der Waals surface area contributed by atoms with Crippen LogP contribution in [0.4, 0.5) is 0 Å². The maximum atomic E-state index is 4.46. The highest BCUT2D eigenvalue weighted by Crippen LogP contribution is 2.51. The van der Waals surface area contributed by atoms with Gasteiger partial charge in [-0.05, 0) is 30.4 Å². The van der Waals surface area contributed by atoms with Crippen LogP contribution in [0.3, 0.4) is 0 Å². The minimum Gasteiger partial charge on any atom is -0.259 e. The predicted octanol–water partition coefficient (Wildman–Crippen LogP) is 4.37. The van der Waals surface area contributed by atoms with Gasteiger partial charge in [-0.3, -0.25) is 4.98 Å². The van der Waals surface area contributed by atoms with Gasteiger partial charge in [-0.25, -0.2) is 0 Å². The van der Waals surface area contributed by atoms with Crippen LogP contribution in [0.2, 0.25) is 0 Å². The highest BCUT2D eigenvalue weighted by Gasteiger charge is 2.34. The fourth-order valence-electron chi connectivity index (χ4n) is 1.94. The van der Waals surface area contributed by atoms with Crippen molar-refractivity contribution in [3.05, 3.63) is 30.1 Å². The third-order valence-electron chi connectivity index (χ3n) is 3.51. The molecule has 1 aliphatic rings. The number of thioether (sulfide) groups is 2. The lowest BCUT2D eigenvalue weighted by atomic mass is 9.87. The van der Waals surface area contributed by atoms with Gasteiger partial charge < -0.3 is 0 Å². The highest BCUT2D eigenvalue weighted by molar-refractivity contribution is 8.17. The van der Waals surface area contributed by atoms with Gasteiger partial charge in [0.2, 0.25) is 0 Å². The molecule has 1 nitrogen and oxygen atoms in total. The number of nitrogens with zero attached hydrogens (tertiary/aromatic N) is 1. The zero-order chi connectivity index (χ0) is 11.4. The number of pyridine rings is 1. The van der Waals surface area contributed by atoms with Crippen molar-refractivity contribution in [2.24, 2.45) is 5.41 Å². The molecule has 1 aliphatic heterocycles. The molecule has 0 amide bonds. The van der Waals surface area contributed by atoms with Crippen LogP contribution in [0.25, 0.3) is 0 Å². The van der Waals surface area contributed by atoms with Gasteiger partial charge in [0.05, 0.1) is 10.3 Å². The van der Waals surface area contributed by atoms with Crippen LogP contribution in [0.15, 0.2) is 24.4 Å². The van der Waals surface area contributed by atoms with E-state index in [2.05, 4.69) is 54.5 Å². The van der Waals surface area contributed by atoms with E-state index in [1.807, 2.05) is 12.3 Å². The van der Waals surface area contributed by atoms with Crippen molar-refractivity contribution in [1.82, 2.24) is 4.98 Å². The van der Waals surface area contributed by atoms with Gasteiger partial charge in [0.25, 0.3) is 0 Å². The molecular formula is C13H19NS2. The summed E-state index contributed by atoms with van der Waals surface area (Å²) in [6.07, 6.45) is 4.51. The van der Waals surface area contributed by atoms with E-state index in [0.717, 1.165) is 0 Å². The Morgan fingerprint density at radius 2 is 1.94 bits per heavy atom. The summed E-state index contributed by atoms with van der Waals surface area (Å²) in [6.45, 7) is 4.65. The third kappa shape index (κ3) is 2.57. The van der Waals surface area contributed by atoms with E-state index in [-0.39, 0.29) is 0 Å². The van der Waals surface area contributed by atoms with E-state index in [4.69, 9.17) is 0 Å². The summed E-state index contributed by atoms with van der Waals surface area (Å²) in [6, 6.07) is 6.23. The highest BCUT2D eigenvalue weighted by atomic mass is 32.2. The van der Waals surface area contributed by atoms with E-state index in [0.29, 0.717) is 10.00 Å². The molecule has 16 heavy (non-hydrogen) atoms. The molecule has 0 spiro atoms. The summed E-state index contributed by atoms with van der Waals surface area (Å²) < 4.78 is 0.549. The average Bonchev–Trinajstić information content (AvgIpc) is 2.40. The second kappa shape index (κ2) is 5.46. The predicted molar refractivity (Wildman–Crippen MR) is 74.9 cm³/mol. The summed E-state index contributed by atoms with van der Waals surface area (Å²) in [4.78, 5) is 4.46. The monoisotopic (exact) mass is 253 g/mol. The van der Waals surface area contributed by atoms with Crippen molar-refractivity contribution in [2.75, 3.05) is 11.5 Å². The first kappa shape index (κ1) is 12.3. The second-order valence-corrected chi connectivity index (χ2v) is 6.90. The van der Waals surface area contributed by atoms with Crippen molar-refractivity contribution in [3.8, 4) is 0 Å². The fraction of sp³-hybridized carbons (Fsp3) is 0.615. The average molecular weight is 253 g/mol. The Bertz CT molecular complexity index is 312.